The second-order valence-corrected chi connectivity index (χ2v) is 6.64. The predicted octanol–water partition coefficient (Wildman–Crippen LogP) is 3.22. The number of nitrogens with zero attached hydrogens (tertiary/aromatic N) is 4. The van der Waals surface area contributed by atoms with Crippen LogP contribution in [0.2, 0.25) is 0 Å². The van der Waals surface area contributed by atoms with E-state index < -0.39 is 0 Å². The summed E-state index contributed by atoms with van der Waals surface area (Å²) >= 11 is 2.95. The average Bonchev–Trinajstić information content (AvgIpc) is 3.26. The van der Waals surface area contributed by atoms with Crippen molar-refractivity contribution in [3.8, 4) is 22.3 Å². The van der Waals surface area contributed by atoms with Crippen LogP contribution in [0.1, 0.15) is 6.42 Å². The molecule has 122 valence electrons. The topological polar surface area (TPSA) is 84.3 Å². The lowest BCUT2D eigenvalue weighted by Gasteiger charge is -2.13. The first-order chi connectivity index (χ1) is 11.9. The van der Waals surface area contributed by atoms with Gasteiger partial charge in [-0.1, -0.05) is 11.3 Å². The molecular weight excluding hydrogens is 344 g/mol. The summed E-state index contributed by atoms with van der Waals surface area (Å²) in [6.45, 7) is 1.78. The van der Waals surface area contributed by atoms with Gasteiger partial charge in [-0.2, -0.15) is 0 Å². The van der Waals surface area contributed by atoms with Gasteiger partial charge in [0.25, 0.3) is 5.19 Å². The Morgan fingerprint density at radius 2 is 2.08 bits per heavy atom. The summed E-state index contributed by atoms with van der Waals surface area (Å²) in [4.78, 5) is 17.4. The second-order valence-electron chi connectivity index (χ2n) is 4.96. The highest BCUT2D eigenvalue weighted by atomic mass is 32.1. The minimum Gasteiger partial charge on any atom is -0.429 e. The molecule has 0 aromatic carbocycles. The average molecular weight is 358 g/mol. The van der Waals surface area contributed by atoms with Crippen molar-refractivity contribution in [1.29, 1.82) is 0 Å². The first-order valence-corrected chi connectivity index (χ1v) is 9.17. The third kappa shape index (κ3) is 3.52. The fourth-order valence-electron chi connectivity index (χ4n) is 2.10. The summed E-state index contributed by atoms with van der Waals surface area (Å²) in [5, 5.41) is 11.7. The molecule has 0 aliphatic carbocycles. The van der Waals surface area contributed by atoms with Crippen molar-refractivity contribution < 1.29 is 4.74 Å². The quantitative estimate of drug-likeness (QED) is 0.745. The zero-order valence-electron chi connectivity index (χ0n) is 12.6. The lowest BCUT2D eigenvalue weighted by Crippen LogP contribution is -2.35. The van der Waals surface area contributed by atoms with Gasteiger partial charge in [0.1, 0.15) is 17.1 Å². The molecule has 0 bridgehead atoms. The van der Waals surface area contributed by atoms with E-state index in [2.05, 4.69) is 30.6 Å². The maximum absolute atomic E-state index is 5.68. The maximum Gasteiger partial charge on any atom is 0.279 e. The summed E-state index contributed by atoms with van der Waals surface area (Å²) in [6.07, 6.45) is 4.42. The van der Waals surface area contributed by atoms with Gasteiger partial charge in [0, 0.05) is 30.0 Å². The summed E-state index contributed by atoms with van der Waals surface area (Å²) in [7, 11) is 0. The number of nitrogens with one attached hydrogen (secondary N) is 2. The Kier molecular flexibility index (Phi) is 4.34. The molecule has 4 heterocycles. The molecule has 0 fully saturated rings. The van der Waals surface area contributed by atoms with Gasteiger partial charge < -0.3 is 15.4 Å². The Morgan fingerprint density at radius 3 is 2.92 bits per heavy atom. The van der Waals surface area contributed by atoms with Gasteiger partial charge >= 0.3 is 0 Å². The molecule has 1 aliphatic rings. The van der Waals surface area contributed by atoms with Crippen LogP contribution < -0.4 is 15.4 Å². The van der Waals surface area contributed by atoms with Crippen LogP contribution in [-0.4, -0.2) is 34.0 Å². The lowest BCUT2D eigenvalue weighted by molar-refractivity contribution is 0.477. The monoisotopic (exact) mass is 358 g/mol. The van der Waals surface area contributed by atoms with Gasteiger partial charge in [-0.25, -0.2) is 9.97 Å². The number of aromatic nitrogens is 3. The highest BCUT2D eigenvalue weighted by Gasteiger charge is 2.12. The van der Waals surface area contributed by atoms with Gasteiger partial charge in [0.05, 0.1) is 6.20 Å². The van der Waals surface area contributed by atoms with Crippen LogP contribution >= 0.6 is 22.7 Å². The summed E-state index contributed by atoms with van der Waals surface area (Å²) in [5.74, 6) is 1.45. The smallest absolute Gasteiger partial charge is 0.279 e. The number of rotatable bonds is 4. The van der Waals surface area contributed by atoms with Crippen LogP contribution in [0.15, 0.2) is 40.3 Å². The van der Waals surface area contributed by atoms with Crippen molar-refractivity contribution in [2.45, 2.75) is 6.42 Å². The zero-order chi connectivity index (χ0) is 16.2. The van der Waals surface area contributed by atoms with Gasteiger partial charge in [0.2, 0.25) is 0 Å². The number of guanidine groups is 1. The Bertz CT molecular complexity index is 845. The van der Waals surface area contributed by atoms with E-state index in [1.807, 2.05) is 22.9 Å². The summed E-state index contributed by atoms with van der Waals surface area (Å²) < 4.78 is 5.68. The minimum absolute atomic E-state index is 0.568. The van der Waals surface area contributed by atoms with Crippen LogP contribution in [0.5, 0.6) is 10.9 Å². The molecule has 0 saturated heterocycles. The second kappa shape index (κ2) is 6.93. The van der Waals surface area contributed by atoms with Gasteiger partial charge in [-0.3, -0.25) is 9.98 Å². The number of pyridine rings is 1. The van der Waals surface area contributed by atoms with Crippen molar-refractivity contribution in [3.05, 3.63) is 35.3 Å². The highest BCUT2D eigenvalue weighted by Crippen LogP contribution is 2.31. The minimum atomic E-state index is 0.568. The molecule has 0 atom stereocenters. The molecule has 3 aromatic rings. The van der Waals surface area contributed by atoms with Crippen LogP contribution in [-0.2, 0) is 0 Å². The van der Waals surface area contributed by atoms with Crippen molar-refractivity contribution in [2.75, 3.05) is 18.4 Å². The zero-order valence-corrected chi connectivity index (χ0v) is 14.2. The van der Waals surface area contributed by atoms with Crippen LogP contribution in [0.4, 0.5) is 5.13 Å². The largest absolute Gasteiger partial charge is 0.429 e. The van der Waals surface area contributed by atoms with Crippen molar-refractivity contribution in [1.82, 2.24) is 20.3 Å². The Labute approximate surface area is 146 Å². The highest BCUT2D eigenvalue weighted by molar-refractivity contribution is 7.14. The number of hydrogen-bond donors (Lipinski definition) is 2. The molecule has 0 amide bonds. The fourth-order valence-corrected chi connectivity index (χ4v) is 3.48. The number of thiazole rings is 2. The fraction of sp³-hybridized carbons (Fsp3) is 0.200. The van der Waals surface area contributed by atoms with Crippen LogP contribution in [0, 0.1) is 0 Å². The molecule has 0 saturated carbocycles. The molecule has 0 spiro atoms. The maximum atomic E-state index is 5.68. The summed E-state index contributed by atoms with van der Waals surface area (Å²) in [6, 6.07) is 3.67. The summed E-state index contributed by atoms with van der Waals surface area (Å²) in [5.41, 5.74) is 1.61. The molecule has 9 heteroatoms. The number of aliphatic imine (C=N–C) groups is 1. The standard InChI is InChI=1S/C15H14N6OS2/c1-3-10(7-16-4-1)22-15-20-12(9-24-15)11-8-23-14(19-11)21-13-17-5-2-6-18-13/h1,3-4,7-9H,2,5-6H2,(H2,17,18,19,21). The van der Waals surface area contributed by atoms with E-state index in [-0.39, 0.29) is 0 Å². The number of ether oxygens (including phenoxy) is 1. The van der Waals surface area contributed by atoms with Gasteiger partial charge in [0.15, 0.2) is 11.1 Å². The molecule has 4 rings (SSSR count). The van der Waals surface area contributed by atoms with E-state index >= 15 is 0 Å². The molecular formula is C15H14N6OS2. The molecule has 1 aliphatic heterocycles. The van der Waals surface area contributed by atoms with Crippen LogP contribution in [0.25, 0.3) is 11.4 Å². The van der Waals surface area contributed by atoms with E-state index in [4.69, 9.17) is 4.74 Å². The van der Waals surface area contributed by atoms with E-state index in [0.717, 1.165) is 42.0 Å². The van der Waals surface area contributed by atoms with E-state index in [0.29, 0.717) is 10.9 Å². The van der Waals surface area contributed by atoms with Crippen molar-refractivity contribution in [2.24, 2.45) is 4.99 Å². The lowest BCUT2D eigenvalue weighted by atomic mass is 10.4. The third-order valence-corrected chi connectivity index (χ3v) is 4.69. The molecule has 24 heavy (non-hydrogen) atoms. The first kappa shape index (κ1) is 15.0. The molecule has 0 radical (unpaired) electrons. The Morgan fingerprint density at radius 1 is 1.17 bits per heavy atom. The van der Waals surface area contributed by atoms with Gasteiger partial charge in [-0.15, -0.1) is 11.3 Å². The predicted molar refractivity (Wildman–Crippen MR) is 96.1 cm³/mol. The van der Waals surface area contributed by atoms with Gasteiger partial charge in [-0.05, 0) is 18.6 Å². The SMILES string of the molecule is c1cncc(Oc2nc(-c3csc(NC4=NCCCN4)n3)cs2)c1. The molecule has 7 nitrogen and oxygen atoms in total. The van der Waals surface area contributed by atoms with Crippen LogP contribution in [0.3, 0.4) is 0 Å². The Hall–Kier alpha value is -2.52. The van der Waals surface area contributed by atoms with Crippen molar-refractivity contribution in [3.63, 3.8) is 0 Å². The first-order valence-electron chi connectivity index (χ1n) is 7.41. The number of anilines is 1. The normalized spacial score (nSPS) is 13.9. The van der Waals surface area contributed by atoms with E-state index in [1.54, 1.807) is 12.4 Å². The third-order valence-electron chi connectivity index (χ3n) is 3.21. The van der Waals surface area contributed by atoms with E-state index in [9.17, 15) is 0 Å². The molecule has 2 N–H and O–H groups in total. The molecule has 0 unspecified atom stereocenters. The molecule has 3 aromatic heterocycles. The van der Waals surface area contributed by atoms with Crippen molar-refractivity contribution >= 4 is 33.8 Å². The number of hydrogen-bond acceptors (Lipinski definition) is 9. The van der Waals surface area contributed by atoms with E-state index in [1.165, 1.54) is 22.7 Å². The Balaban J connectivity index is 1.45.